The summed E-state index contributed by atoms with van der Waals surface area (Å²) < 4.78 is 2.02. The van der Waals surface area contributed by atoms with Crippen LogP contribution in [-0.4, -0.2) is 14.5 Å². The maximum atomic E-state index is 10.5. The normalized spacial score (nSPS) is 12.8. The molecule has 0 saturated carbocycles. The molecule has 2 heterocycles. The molecule has 1 aromatic carbocycles. The van der Waals surface area contributed by atoms with Gasteiger partial charge >= 0.3 is 0 Å². The Bertz CT molecular complexity index is 833. The van der Waals surface area contributed by atoms with Crippen LogP contribution < -0.4 is 0 Å². The van der Waals surface area contributed by atoms with E-state index in [1.807, 2.05) is 23.6 Å². The van der Waals surface area contributed by atoms with Crippen molar-refractivity contribution in [3.8, 4) is 11.3 Å². The lowest BCUT2D eigenvalue weighted by Gasteiger charge is -2.12. The van der Waals surface area contributed by atoms with E-state index in [1.165, 1.54) is 11.1 Å². The van der Waals surface area contributed by atoms with Crippen LogP contribution in [0.3, 0.4) is 0 Å². The van der Waals surface area contributed by atoms with Gasteiger partial charge in [-0.3, -0.25) is 0 Å². The monoisotopic (exact) mass is 294 g/mol. The van der Waals surface area contributed by atoms with Gasteiger partial charge in [0.05, 0.1) is 17.5 Å². The minimum absolute atomic E-state index is 0.520. The second-order valence-electron chi connectivity index (χ2n) is 6.00. The molecule has 114 valence electrons. The first-order valence-corrected chi connectivity index (χ1v) is 7.75. The lowest BCUT2D eigenvalue weighted by Crippen LogP contribution is -2.02. The molecular weight excluding hydrogens is 272 g/mol. The van der Waals surface area contributed by atoms with Crippen LogP contribution >= 0.6 is 0 Å². The number of aliphatic hydroxyl groups is 1. The summed E-state index contributed by atoms with van der Waals surface area (Å²) in [6.45, 7) is 8.25. The van der Waals surface area contributed by atoms with Crippen LogP contribution in [0.4, 0.5) is 0 Å². The maximum absolute atomic E-state index is 10.5. The molecule has 1 N–H and O–H groups in total. The fraction of sp³-hybridized carbons (Fsp3) is 0.316. The molecule has 0 amide bonds. The van der Waals surface area contributed by atoms with Crippen LogP contribution in [0.1, 0.15) is 41.8 Å². The summed E-state index contributed by atoms with van der Waals surface area (Å²) in [6, 6.07) is 10.4. The van der Waals surface area contributed by atoms with Crippen molar-refractivity contribution >= 4 is 5.65 Å². The van der Waals surface area contributed by atoms with Crippen molar-refractivity contribution in [3.63, 3.8) is 0 Å². The van der Waals surface area contributed by atoms with Gasteiger partial charge in [0.25, 0.3) is 0 Å². The Morgan fingerprint density at radius 1 is 1.09 bits per heavy atom. The molecule has 2 aromatic heterocycles. The number of fused-ring (bicyclic) bond motifs is 1. The van der Waals surface area contributed by atoms with E-state index in [-0.39, 0.29) is 0 Å². The van der Waals surface area contributed by atoms with Crippen LogP contribution in [0.5, 0.6) is 0 Å². The molecule has 3 nitrogen and oxygen atoms in total. The zero-order valence-electron chi connectivity index (χ0n) is 13.6. The summed E-state index contributed by atoms with van der Waals surface area (Å²) in [6.07, 6.45) is 2.19. The highest BCUT2D eigenvalue weighted by Gasteiger charge is 2.20. The molecule has 0 radical (unpaired) electrons. The van der Waals surface area contributed by atoms with Gasteiger partial charge in [0, 0.05) is 11.8 Å². The smallest absolute Gasteiger partial charge is 0.137 e. The number of imidazole rings is 1. The average molecular weight is 294 g/mol. The maximum Gasteiger partial charge on any atom is 0.137 e. The number of aryl methyl sites for hydroxylation is 3. The highest BCUT2D eigenvalue weighted by molar-refractivity contribution is 5.68. The molecule has 3 rings (SSSR count). The third kappa shape index (κ3) is 2.42. The van der Waals surface area contributed by atoms with Gasteiger partial charge in [-0.15, -0.1) is 0 Å². The van der Waals surface area contributed by atoms with Gasteiger partial charge in [0.2, 0.25) is 0 Å². The second-order valence-corrected chi connectivity index (χ2v) is 6.00. The first kappa shape index (κ1) is 14.8. The van der Waals surface area contributed by atoms with E-state index in [1.54, 1.807) is 0 Å². The number of pyridine rings is 1. The summed E-state index contributed by atoms with van der Waals surface area (Å²) in [5.74, 6) is 0. The van der Waals surface area contributed by atoms with Gasteiger partial charge in [-0.1, -0.05) is 25.1 Å². The van der Waals surface area contributed by atoms with Gasteiger partial charge in [-0.25, -0.2) is 4.98 Å². The van der Waals surface area contributed by atoms with Gasteiger partial charge < -0.3 is 9.51 Å². The molecule has 0 aliphatic heterocycles. The Morgan fingerprint density at radius 2 is 1.86 bits per heavy atom. The van der Waals surface area contributed by atoms with E-state index in [9.17, 15) is 5.11 Å². The second kappa shape index (κ2) is 5.58. The minimum atomic E-state index is -0.520. The predicted octanol–water partition coefficient (Wildman–Crippen LogP) is 4.37. The molecule has 22 heavy (non-hydrogen) atoms. The first-order valence-electron chi connectivity index (χ1n) is 7.75. The fourth-order valence-corrected chi connectivity index (χ4v) is 2.78. The SMILES string of the molecule is CCC(O)c1c(-c2ccc(C)c(C)c2)nc2ccc(C)cn12. The van der Waals surface area contributed by atoms with Crippen LogP contribution in [0.2, 0.25) is 0 Å². The fourth-order valence-electron chi connectivity index (χ4n) is 2.78. The number of hydrogen-bond acceptors (Lipinski definition) is 2. The van der Waals surface area contributed by atoms with Crippen molar-refractivity contribution in [2.24, 2.45) is 0 Å². The highest BCUT2D eigenvalue weighted by Crippen LogP contribution is 2.31. The molecule has 0 spiro atoms. The number of nitrogens with zero attached hydrogens (tertiary/aromatic N) is 2. The molecule has 0 fully saturated rings. The standard InChI is InChI=1S/C19H22N2O/c1-5-16(22)19-18(15-8-7-13(3)14(4)10-15)20-17-9-6-12(2)11-21(17)19/h6-11,16,22H,5H2,1-4H3. The molecule has 1 atom stereocenters. The highest BCUT2D eigenvalue weighted by atomic mass is 16.3. The lowest BCUT2D eigenvalue weighted by atomic mass is 10.0. The van der Waals surface area contributed by atoms with Crippen LogP contribution in [0.15, 0.2) is 36.5 Å². The first-order chi connectivity index (χ1) is 10.5. The third-order valence-corrected chi connectivity index (χ3v) is 4.29. The van der Waals surface area contributed by atoms with E-state index in [0.29, 0.717) is 6.42 Å². The van der Waals surface area contributed by atoms with E-state index in [4.69, 9.17) is 4.98 Å². The molecule has 0 saturated heterocycles. The van der Waals surface area contributed by atoms with E-state index in [2.05, 4.69) is 45.0 Å². The Balaban J connectivity index is 2.30. The van der Waals surface area contributed by atoms with E-state index < -0.39 is 6.10 Å². The number of rotatable bonds is 3. The Labute approximate surface area is 131 Å². The van der Waals surface area contributed by atoms with Crippen LogP contribution in [0.25, 0.3) is 16.9 Å². The quantitative estimate of drug-likeness (QED) is 0.779. The molecular formula is C19H22N2O. The molecule has 0 bridgehead atoms. The van der Waals surface area contributed by atoms with E-state index in [0.717, 1.165) is 28.2 Å². The van der Waals surface area contributed by atoms with Crippen molar-refractivity contribution in [2.45, 2.75) is 40.2 Å². The lowest BCUT2D eigenvalue weighted by molar-refractivity contribution is 0.168. The van der Waals surface area contributed by atoms with Crippen molar-refractivity contribution in [1.82, 2.24) is 9.38 Å². The molecule has 3 aromatic rings. The molecule has 3 heteroatoms. The van der Waals surface area contributed by atoms with Gasteiger partial charge in [-0.05, 0) is 56.0 Å². The minimum Gasteiger partial charge on any atom is -0.387 e. The summed E-state index contributed by atoms with van der Waals surface area (Å²) in [5, 5.41) is 10.5. The Kier molecular flexibility index (Phi) is 3.75. The van der Waals surface area contributed by atoms with Gasteiger partial charge in [0.1, 0.15) is 5.65 Å². The Hall–Kier alpha value is -2.13. The summed E-state index contributed by atoms with van der Waals surface area (Å²) in [7, 11) is 0. The molecule has 0 aliphatic carbocycles. The predicted molar refractivity (Wildman–Crippen MR) is 90.1 cm³/mol. The van der Waals surface area contributed by atoms with Crippen molar-refractivity contribution in [2.75, 3.05) is 0 Å². The largest absolute Gasteiger partial charge is 0.387 e. The number of benzene rings is 1. The van der Waals surface area contributed by atoms with E-state index >= 15 is 0 Å². The summed E-state index contributed by atoms with van der Waals surface area (Å²) in [4.78, 5) is 4.77. The van der Waals surface area contributed by atoms with Crippen molar-refractivity contribution in [1.29, 1.82) is 0 Å². The van der Waals surface area contributed by atoms with Crippen molar-refractivity contribution in [3.05, 3.63) is 58.9 Å². The number of aliphatic hydroxyl groups excluding tert-OH is 1. The zero-order valence-corrected chi connectivity index (χ0v) is 13.6. The molecule has 1 unspecified atom stereocenters. The topological polar surface area (TPSA) is 37.5 Å². The summed E-state index contributed by atoms with van der Waals surface area (Å²) in [5.41, 5.74) is 7.35. The Morgan fingerprint density at radius 3 is 2.55 bits per heavy atom. The van der Waals surface area contributed by atoms with Crippen LogP contribution in [0, 0.1) is 20.8 Å². The molecule has 0 aliphatic rings. The summed E-state index contributed by atoms with van der Waals surface area (Å²) >= 11 is 0. The van der Waals surface area contributed by atoms with Gasteiger partial charge in [0.15, 0.2) is 0 Å². The average Bonchev–Trinajstić information content (AvgIpc) is 2.87. The van der Waals surface area contributed by atoms with Crippen molar-refractivity contribution < 1.29 is 5.11 Å². The third-order valence-electron chi connectivity index (χ3n) is 4.29. The zero-order chi connectivity index (χ0) is 15.9. The number of hydrogen-bond donors (Lipinski definition) is 1. The number of aromatic nitrogens is 2. The van der Waals surface area contributed by atoms with Crippen LogP contribution in [-0.2, 0) is 0 Å². The van der Waals surface area contributed by atoms with Gasteiger partial charge in [-0.2, -0.15) is 0 Å².